The number of carbonyl (C=O) groups excluding carboxylic acids is 1. The van der Waals surface area contributed by atoms with Crippen molar-refractivity contribution in [1.82, 2.24) is 19.7 Å². The first-order valence-electron chi connectivity index (χ1n) is 8.02. The number of hydrogen-bond acceptors (Lipinski definition) is 4. The van der Waals surface area contributed by atoms with E-state index in [2.05, 4.69) is 5.10 Å². The number of hydroxylamine groups is 2. The van der Waals surface area contributed by atoms with Crippen LogP contribution in [0.3, 0.4) is 0 Å². The third kappa shape index (κ3) is 2.29. The molecule has 1 aromatic heterocycles. The molecular weight excluding hydrogens is 324 g/mol. The fraction of sp³-hybridized carbons (Fsp3) is 0.353. The minimum atomic E-state index is -1.07. The number of urea groups is 1. The monoisotopic (exact) mass is 342 g/mol. The lowest BCUT2D eigenvalue weighted by atomic mass is 9.96. The molecule has 4 rings (SSSR count). The summed E-state index contributed by atoms with van der Waals surface area (Å²) >= 11 is 0. The van der Waals surface area contributed by atoms with Gasteiger partial charge in [0.25, 0.3) is 0 Å². The van der Waals surface area contributed by atoms with Gasteiger partial charge in [0, 0.05) is 12.6 Å². The average molecular weight is 342 g/mol. The summed E-state index contributed by atoms with van der Waals surface area (Å²) in [6.07, 6.45) is 0. The van der Waals surface area contributed by atoms with Gasteiger partial charge < -0.3 is 10.0 Å². The van der Waals surface area contributed by atoms with Crippen LogP contribution in [0.25, 0.3) is 0 Å². The molecule has 2 aromatic rings. The molecule has 130 valence electrons. The summed E-state index contributed by atoms with van der Waals surface area (Å²) in [5.41, 5.74) is 2.96. The average Bonchev–Trinajstić information content (AvgIpc) is 3.02. The van der Waals surface area contributed by atoms with E-state index in [0.29, 0.717) is 5.69 Å². The van der Waals surface area contributed by atoms with Gasteiger partial charge in [0.05, 0.1) is 17.9 Å². The zero-order chi connectivity index (χ0) is 17.7. The molecule has 0 aliphatic carbocycles. The van der Waals surface area contributed by atoms with Crippen LogP contribution < -0.4 is 0 Å². The molecule has 2 bridgehead atoms. The molecule has 1 aromatic carbocycles. The van der Waals surface area contributed by atoms with Crippen LogP contribution in [0.5, 0.6) is 0 Å². The second kappa shape index (κ2) is 5.59. The van der Waals surface area contributed by atoms with Gasteiger partial charge in [-0.05, 0) is 12.5 Å². The second-order valence-corrected chi connectivity index (χ2v) is 6.28. The highest BCUT2D eigenvalue weighted by Crippen LogP contribution is 2.45. The number of amides is 2. The summed E-state index contributed by atoms with van der Waals surface area (Å²) in [7, 11) is 1.70. The molecule has 0 radical (unpaired) electrons. The summed E-state index contributed by atoms with van der Waals surface area (Å²) in [6, 6.07) is 7.70. The standard InChI is InChI=1S/C17H18N4O4/c1-10-13-12-8-20(15(16(22)23)14(13)19(2)18-10)17(24)21(12)25-9-11-6-4-3-5-7-11/h3-7,12,15H,8-9H2,1-2H3,(H,22,23)/t12-,15+/m1/s1. The third-order valence-corrected chi connectivity index (χ3v) is 4.75. The van der Waals surface area contributed by atoms with Crippen LogP contribution >= 0.6 is 0 Å². The molecule has 8 nitrogen and oxygen atoms in total. The quantitative estimate of drug-likeness (QED) is 0.915. The molecule has 0 saturated carbocycles. The summed E-state index contributed by atoms with van der Waals surface area (Å²) < 4.78 is 1.55. The van der Waals surface area contributed by atoms with Crippen molar-refractivity contribution in [2.24, 2.45) is 7.05 Å². The second-order valence-electron chi connectivity index (χ2n) is 6.28. The number of aromatic nitrogens is 2. The van der Waals surface area contributed by atoms with Crippen molar-refractivity contribution in [1.29, 1.82) is 0 Å². The molecule has 0 unspecified atom stereocenters. The summed E-state index contributed by atoms with van der Waals surface area (Å²) in [6.45, 7) is 2.35. The van der Waals surface area contributed by atoms with Crippen LogP contribution in [0.2, 0.25) is 0 Å². The van der Waals surface area contributed by atoms with Gasteiger partial charge in [-0.1, -0.05) is 30.3 Å². The SMILES string of the molecule is Cc1nn(C)c2c1[C@H]1CN(C(=O)N1OCc1ccccc1)[C@@H]2C(=O)O. The van der Waals surface area contributed by atoms with Crippen molar-refractivity contribution in [2.75, 3.05) is 6.54 Å². The molecule has 1 N–H and O–H groups in total. The topological polar surface area (TPSA) is 87.9 Å². The van der Waals surface area contributed by atoms with E-state index >= 15 is 0 Å². The van der Waals surface area contributed by atoms with E-state index in [1.807, 2.05) is 37.3 Å². The van der Waals surface area contributed by atoms with E-state index in [9.17, 15) is 14.7 Å². The van der Waals surface area contributed by atoms with E-state index in [1.54, 1.807) is 11.7 Å². The summed E-state index contributed by atoms with van der Waals surface area (Å²) in [5, 5.41) is 15.3. The number of carbonyl (C=O) groups is 2. The van der Waals surface area contributed by atoms with Crippen LogP contribution in [0.15, 0.2) is 30.3 Å². The van der Waals surface area contributed by atoms with Gasteiger partial charge in [-0.15, -0.1) is 0 Å². The van der Waals surface area contributed by atoms with Gasteiger partial charge in [-0.25, -0.2) is 9.59 Å². The van der Waals surface area contributed by atoms with E-state index in [1.165, 1.54) is 9.96 Å². The Morgan fingerprint density at radius 3 is 2.76 bits per heavy atom. The Kier molecular flexibility index (Phi) is 3.50. The molecule has 1 saturated heterocycles. The molecule has 0 spiro atoms. The van der Waals surface area contributed by atoms with Crippen molar-refractivity contribution < 1.29 is 19.5 Å². The Morgan fingerprint density at radius 2 is 2.08 bits per heavy atom. The van der Waals surface area contributed by atoms with Gasteiger partial charge in [-0.2, -0.15) is 10.2 Å². The maximum absolute atomic E-state index is 12.7. The van der Waals surface area contributed by atoms with Gasteiger partial charge in [0.1, 0.15) is 12.6 Å². The van der Waals surface area contributed by atoms with Crippen LogP contribution in [0.1, 0.15) is 34.6 Å². The van der Waals surface area contributed by atoms with E-state index in [4.69, 9.17) is 4.84 Å². The number of hydrogen-bond donors (Lipinski definition) is 1. The Hall–Kier alpha value is -2.87. The molecule has 1 fully saturated rings. The predicted molar refractivity (Wildman–Crippen MR) is 86.2 cm³/mol. The zero-order valence-electron chi connectivity index (χ0n) is 13.9. The molecule has 25 heavy (non-hydrogen) atoms. The van der Waals surface area contributed by atoms with Crippen molar-refractivity contribution in [3.63, 3.8) is 0 Å². The van der Waals surface area contributed by atoms with Crippen molar-refractivity contribution >= 4 is 12.0 Å². The fourth-order valence-corrected chi connectivity index (χ4v) is 3.71. The van der Waals surface area contributed by atoms with E-state index in [-0.39, 0.29) is 19.2 Å². The lowest BCUT2D eigenvalue weighted by Gasteiger charge is -2.28. The largest absolute Gasteiger partial charge is 0.479 e. The smallest absolute Gasteiger partial charge is 0.345 e. The van der Waals surface area contributed by atoms with Gasteiger partial charge in [-0.3, -0.25) is 9.52 Å². The van der Waals surface area contributed by atoms with Crippen molar-refractivity contribution in [3.05, 3.63) is 52.8 Å². The maximum Gasteiger partial charge on any atom is 0.345 e. The van der Waals surface area contributed by atoms with Crippen LogP contribution in [-0.2, 0) is 23.3 Å². The summed E-state index contributed by atoms with van der Waals surface area (Å²) in [5.74, 6) is -1.07. The predicted octanol–water partition coefficient (Wildman–Crippen LogP) is 1.78. The molecule has 2 aliphatic rings. The van der Waals surface area contributed by atoms with Gasteiger partial charge in [0.2, 0.25) is 0 Å². The molecule has 2 aliphatic heterocycles. The first-order valence-corrected chi connectivity index (χ1v) is 8.02. The zero-order valence-corrected chi connectivity index (χ0v) is 13.9. The molecule has 3 heterocycles. The summed E-state index contributed by atoms with van der Waals surface area (Å²) in [4.78, 5) is 31.7. The van der Waals surface area contributed by atoms with Crippen LogP contribution in [0.4, 0.5) is 4.79 Å². The molecule has 2 atom stereocenters. The van der Waals surface area contributed by atoms with E-state index in [0.717, 1.165) is 16.8 Å². The molecule has 8 heteroatoms. The first-order chi connectivity index (χ1) is 12.0. The van der Waals surface area contributed by atoms with Crippen LogP contribution in [-0.4, -0.2) is 43.4 Å². The van der Waals surface area contributed by atoms with Crippen molar-refractivity contribution in [3.8, 4) is 0 Å². The number of carboxylic acid groups (broad SMARTS) is 1. The number of carboxylic acids is 1. The molecular formula is C17H18N4O4. The molecule has 2 amide bonds. The first kappa shape index (κ1) is 15.6. The highest BCUT2D eigenvalue weighted by atomic mass is 16.7. The third-order valence-electron chi connectivity index (χ3n) is 4.75. The number of aliphatic carboxylic acids is 1. The van der Waals surface area contributed by atoms with Crippen LogP contribution in [0, 0.1) is 6.92 Å². The number of rotatable bonds is 4. The minimum absolute atomic E-state index is 0.239. The highest BCUT2D eigenvalue weighted by molar-refractivity contribution is 5.87. The van der Waals surface area contributed by atoms with Gasteiger partial charge >= 0.3 is 12.0 Å². The Labute approximate surface area is 144 Å². The van der Waals surface area contributed by atoms with E-state index < -0.39 is 18.0 Å². The number of aryl methyl sites for hydroxylation is 2. The Balaban J connectivity index is 1.69. The number of fused-ring (bicyclic) bond motifs is 4. The number of benzene rings is 1. The Morgan fingerprint density at radius 1 is 1.36 bits per heavy atom. The van der Waals surface area contributed by atoms with Gasteiger partial charge in [0.15, 0.2) is 6.04 Å². The lowest BCUT2D eigenvalue weighted by molar-refractivity contribution is -0.143. The normalized spacial score (nSPS) is 21.6. The maximum atomic E-state index is 12.7. The number of nitrogens with zero attached hydrogens (tertiary/aromatic N) is 4. The fourth-order valence-electron chi connectivity index (χ4n) is 3.71. The Bertz CT molecular complexity index is 848. The van der Waals surface area contributed by atoms with Crippen molar-refractivity contribution in [2.45, 2.75) is 25.6 Å². The highest BCUT2D eigenvalue weighted by Gasteiger charge is 2.53. The lowest BCUT2D eigenvalue weighted by Crippen LogP contribution is -2.39. The minimum Gasteiger partial charge on any atom is -0.479 e.